The highest BCUT2D eigenvalue weighted by molar-refractivity contribution is 4.89. The molecule has 1 atom stereocenters. The van der Waals surface area contributed by atoms with Crippen molar-refractivity contribution >= 4 is 0 Å². The van der Waals surface area contributed by atoms with Crippen LogP contribution in [0.25, 0.3) is 0 Å². The fraction of sp³-hybridized carbons (Fsp3) is 1.00. The third-order valence-electron chi connectivity index (χ3n) is 10.0. The molecule has 0 aromatic carbocycles. The van der Waals surface area contributed by atoms with E-state index >= 15 is 0 Å². The Morgan fingerprint density at radius 1 is 0.480 bits per heavy atom. The highest BCUT2D eigenvalue weighted by atomic mass is 16.5. The summed E-state index contributed by atoms with van der Waals surface area (Å²) in [6.45, 7) is 19.7. The van der Waals surface area contributed by atoms with Crippen LogP contribution in [0.15, 0.2) is 0 Å². The predicted octanol–water partition coefficient (Wildman–Crippen LogP) is 5.09. The van der Waals surface area contributed by atoms with Gasteiger partial charge in [0.25, 0.3) is 0 Å². The van der Waals surface area contributed by atoms with Crippen LogP contribution in [0.4, 0.5) is 0 Å². The van der Waals surface area contributed by atoms with Gasteiger partial charge in [-0.3, -0.25) is 0 Å². The van der Waals surface area contributed by atoms with Crippen molar-refractivity contribution < 1.29 is 54.7 Å². The molecule has 1 unspecified atom stereocenters. The second-order valence-corrected chi connectivity index (χ2v) is 16.1. The third kappa shape index (κ3) is 27.2. The quantitative estimate of drug-likeness (QED) is 0.0666. The van der Waals surface area contributed by atoms with Crippen LogP contribution in [0, 0.1) is 33.0 Å². The van der Waals surface area contributed by atoms with Crippen molar-refractivity contribution in [3.05, 3.63) is 0 Å². The minimum atomic E-state index is -0.441. The van der Waals surface area contributed by atoms with Crippen molar-refractivity contribution in [2.24, 2.45) is 33.0 Å². The predicted molar refractivity (Wildman–Crippen MR) is 204 cm³/mol. The number of methoxy groups -OCH3 is 4. The average Bonchev–Trinajstić information content (AvgIpc) is 3.10. The molecule has 11 heteroatoms. The molecule has 0 amide bonds. The normalized spacial score (nSPS) is 13.0. The van der Waals surface area contributed by atoms with Gasteiger partial charge in [-0.2, -0.15) is 0 Å². The van der Waals surface area contributed by atoms with Gasteiger partial charge in [-0.05, 0) is 61.7 Å². The highest BCUT2D eigenvalue weighted by Gasteiger charge is 2.40. The molecule has 7 N–H and O–H groups in total. The first-order valence-corrected chi connectivity index (χ1v) is 18.6. The van der Waals surface area contributed by atoms with Gasteiger partial charge in [0.1, 0.15) is 0 Å². The van der Waals surface area contributed by atoms with Gasteiger partial charge < -0.3 is 54.7 Å². The zero-order valence-electron chi connectivity index (χ0n) is 34.7. The maximum absolute atomic E-state index is 9.38. The van der Waals surface area contributed by atoms with Crippen molar-refractivity contribution in [1.29, 1.82) is 0 Å². The van der Waals surface area contributed by atoms with Gasteiger partial charge in [0.15, 0.2) is 0 Å². The summed E-state index contributed by atoms with van der Waals surface area (Å²) in [6.07, 6.45) is 9.00. The summed E-state index contributed by atoms with van der Waals surface area (Å²) in [5, 5.41) is 64.5. The summed E-state index contributed by atoms with van der Waals surface area (Å²) >= 11 is 0. The van der Waals surface area contributed by atoms with Crippen molar-refractivity contribution in [2.45, 2.75) is 120 Å². The number of ether oxygens (including phenoxy) is 4. The molecule has 0 fully saturated rings. The molecule has 0 saturated heterocycles. The summed E-state index contributed by atoms with van der Waals surface area (Å²) in [6, 6.07) is 0. The Bertz CT molecular complexity index is 667. The topological polar surface area (TPSA) is 179 Å². The van der Waals surface area contributed by atoms with Gasteiger partial charge in [-0.25, -0.2) is 0 Å². The van der Waals surface area contributed by atoms with E-state index < -0.39 is 5.41 Å². The lowest BCUT2D eigenvalue weighted by molar-refractivity contribution is -0.0524. The first kappa shape index (κ1) is 56.3. The van der Waals surface area contributed by atoms with Crippen LogP contribution in [0.2, 0.25) is 0 Å². The molecule has 50 heavy (non-hydrogen) atoms. The lowest BCUT2D eigenvalue weighted by Crippen LogP contribution is -2.43. The van der Waals surface area contributed by atoms with E-state index in [-0.39, 0.29) is 61.3 Å². The number of hydrogen-bond donors (Lipinski definition) is 7. The van der Waals surface area contributed by atoms with Gasteiger partial charge in [-0.1, -0.05) is 74.7 Å². The van der Waals surface area contributed by atoms with Crippen LogP contribution in [0.3, 0.4) is 0 Å². The largest absolute Gasteiger partial charge is 0.396 e. The molecule has 11 nitrogen and oxygen atoms in total. The molecule has 0 aliphatic rings. The minimum Gasteiger partial charge on any atom is -0.396 e. The lowest BCUT2D eigenvalue weighted by atomic mass is 9.66. The fourth-order valence-electron chi connectivity index (χ4n) is 4.88. The van der Waals surface area contributed by atoms with Gasteiger partial charge in [0, 0.05) is 77.7 Å². The molecule has 0 spiro atoms. The Morgan fingerprint density at radius 2 is 0.880 bits per heavy atom. The van der Waals surface area contributed by atoms with Crippen LogP contribution in [0.5, 0.6) is 0 Å². The summed E-state index contributed by atoms with van der Waals surface area (Å²) in [5.74, 6) is 0.435. The van der Waals surface area contributed by atoms with Gasteiger partial charge in [0.05, 0.1) is 39.6 Å². The van der Waals surface area contributed by atoms with Gasteiger partial charge in [-0.15, -0.1) is 0 Å². The van der Waals surface area contributed by atoms with E-state index in [0.717, 1.165) is 58.0 Å². The summed E-state index contributed by atoms with van der Waals surface area (Å²) < 4.78 is 19.8. The Balaban J connectivity index is -0.000000286. The van der Waals surface area contributed by atoms with E-state index in [2.05, 4.69) is 34.6 Å². The smallest absolute Gasteiger partial charge is 0.0515 e. The van der Waals surface area contributed by atoms with Crippen LogP contribution >= 0.6 is 0 Å². The number of aliphatic hydroxyl groups is 7. The van der Waals surface area contributed by atoms with E-state index in [1.807, 2.05) is 20.8 Å². The first-order valence-electron chi connectivity index (χ1n) is 18.6. The summed E-state index contributed by atoms with van der Waals surface area (Å²) in [7, 11) is 6.59. The van der Waals surface area contributed by atoms with Crippen molar-refractivity contribution in [3.63, 3.8) is 0 Å². The van der Waals surface area contributed by atoms with E-state index in [4.69, 9.17) is 24.1 Å². The SMILES string of the molecule is CCC(CO)CCOC.CCCCC(CO)(CO)CCOC.COCCC(CO)(CO)C(C)(C)C.COCCC(CO)(CO)CCC(C)(C)C. The fourth-order valence-corrected chi connectivity index (χ4v) is 4.88. The van der Waals surface area contributed by atoms with Crippen LogP contribution < -0.4 is 0 Å². The van der Waals surface area contributed by atoms with Gasteiger partial charge >= 0.3 is 0 Å². The lowest BCUT2D eigenvalue weighted by Gasteiger charge is -2.42. The molecule has 0 heterocycles. The molecular weight excluding hydrogens is 644 g/mol. The molecule has 0 radical (unpaired) electrons. The Morgan fingerprint density at radius 3 is 1.16 bits per heavy atom. The van der Waals surface area contributed by atoms with E-state index in [1.165, 1.54) is 0 Å². The highest BCUT2D eigenvalue weighted by Crippen LogP contribution is 2.41. The third-order valence-corrected chi connectivity index (χ3v) is 10.0. The Hall–Kier alpha value is -0.440. The zero-order chi connectivity index (χ0) is 39.8. The van der Waals surface area contributed by atoms with Gasteiger partial charge in [0.2, 0.25) is 0 Å². The standard InChI is InChI=1S/C12H26O3.2C10H22O3.C7H16O2/c1-11(2,3)5-6-12(9-13,10-14)7-8-15-4;1-9(2,3)10(7-11,8-12)5-6-13-4;1-3-4-5-10(8-11,9-12)6-7-13-2;1-3-7(6-8)4-5-9-2/h13-14H,5-10H2,1-4H3;11-12H,5-8H2,1-4H3;11-12H,3-9H2,1-2H3;7-8H,3-6H2,1-2H3. The Kier molecular flexibility index (Phi) is 37.3. The van der Waals surface area contributed by atoms with E-state index in [1.54, 1.807) is 28.4 Å². The maximum atomic E-state index is 9.38. The summed E-state index contributed by atoms with van der Waals surface area (Å²) in [5.41, 5.74) is -1.02. The average molecular weight is 731 g/mol. The minimum absolute atomic E-state index is 0.00361. The number of hydrogen-bond acceptors (Lipinski definition) is 11. The van der Waals surface area contributed by atoms with Crippen LogP contribution in [0.1, 0.15) is 120 Å². The number of rotatable bonds is 25. The van der Waals surface area contributed by atoms with Crippen molar-refractivity contribution in [1.82, 2.24) is 0 Å². The molecule has 0 aromatic heterocycles. The van der Waals surface area contributed by atoms with E-state index in [0.29, 0.717) is 45.2 Å². The monoisotopic (exact) mass is 731 g/mol. The Labute approximate surface area is 308 Å². The molecule has 308 valence electrons. The van der Waals surface area contributed by atoms with Crippen LogP contribution in [-0.4, -0.2) is 137 Å². The molecule has 0 aliphatic carbocycles. The van der Waals surface area contributed by atoms with Crippen molar-refractivity contribution in [3.8, 4) is 0 Å². The molecule has 0 saturated carbocycles. The first-order chi connectivity index (χ1) is 23.4. The van der Waals surface area contributed by atoms with Crippen molar-refractivity contribution in [2.75, 3.05) is 101 Å². The zero-order valence-corrected chi connectivity index (χ0v) is 34.7. The molecule has 0 aromatic rings. The second kappa shape index (κ2) is 33.2. The molecule has 0 rings (SSSR count). The molecule has 0 bridgehead atoms. The number of unbranched alkanes of at least 4 members (excludes halogenated alkanes) is 1. The maximum Gasteiger partial charge on any atom is 0.0515 e. The van der Waals surface area contributed by atoms with Crippen LogP contribution in [-0.2, 0) is 18.9 Å². The number of aliphatic hydroxyl groups excluding tert-OH is 7. The second-order valence-electron chi connectivity index (χ2n) is 16.1. The van der Waals surface area contributed by atoms with E-state index in [9.17, 15) is 30.6 Å². The molecule has 0 aliphatic heterocycles. The molecular formula is C39H86O11. The summed E-state index contributed by atoms with van der Waals surface area (Å²) in [4.78, 5) is 0.